The highest BCUT2D eigenvalue weighted by molar-refractivity contribution is 5.38. The second-order valence-electron chi connectivity index (χ2n) is 4.52. The molecule has 0 spiro atoms. The van der Waals surface area contributed by atoms with Gasteiger partial charge in [0.25, 0.3) is 0 Å². The predicted octanol–water partition coefficient (Wildman–Crippen LogP) is 2.33. The second-order valence-corrected chi connectivity index (χ2v) is 4.52. The van der Waals surface area contributed by atoms with Crippen LogP contribution in [-0.4, -0.2) is 40.7 Å². The maximum absolute atomic E-state index is 5.59. The number of nitrogens with zero attached hydrogens (tertiary/aromatic N) is 4. The minimum atomic E-state index is 0.0472. The van der Waals surface area contributed by atoms with Crippen LogP contribution in [0.25, 0.3) is 0 Å². The molecule has 0 aliphatic carbocycles. The number of nitrogens with one attached hydrogen (secondary N) is 1. The molecule has 0 radical (unpaired) electrons. The fourth-order valence-corrected chi connectivity index (χ4v) is 1.66. The summed E-state index contributed by atoms with van der Waals surface area (Å²) in [5.41, 5.74) is 0. The zero-order valence-electron chi connectivity index (χ0n) is 12.6. The molecule has 6 nitrogen and oxygen atoms in total. The molecular formula is C13H25N5O. The van der Waals surface area contributed by atoms with E-state index >= 15 is 0 Å². The van der Waals surface area contributed by atoms with Gasteiger partial charge in [-0.15, -0.1) is 0 Å². The van der Waals surface area contributed by atoms with E-state index in [0.717, 1.165) is 26.1 Å². The van der Waals surface area contributed by atoms with E-state index in [0.29, 0.717) is 17.9 Å². The van der Waals surface area contributed by atoms with Crippen molar-refractivity contribution in [2.45, 2.75) is 47.1 Å². The monoisotopic (exact) mass is 267 g/mol. The predicted molar refractivity (Wildman–Crippen MR) is 77.9 cm³/mol. The van der Waals surface area contributed by atoms with E-state index in [4.69, 9.17) is 4.74 Å². The van der Waals surface area contributed by atoms with Crippen molar-refractivity contribution in [1.29, 1.82) is 0 Å². The molecule has 6 heteroatoms. The summed E-state index contributed by atoms with van der Waals surface area (Å²) in [6.07, 6.45) is 1.10. The lowest BCUT2D eigenvalue weighted by atomic mass is 10.4. The van der Waals surface area contributed by atoms with Gasteiger partial charge in [-0.3, -0.25) is 0 Å². The molecule has 0 bridgehead atoms. The first-order valence-electron chi connectivity index (χ1n) is 7.02. The van der Waals surface area contributed by atoms with E-state index in [1.54, 1.807) is 0 Å². The Hall–Kier alpha value is -1.59. The van der Waals surface area contributed by atoms with Gasteiger partial charge < -0.3 is 15.0 Å². The van der Waals surface area contributed by atoms with Crippen LogP contribution in [-0.2, 0) is 0 Å². The summed E-state index contributed by atoms with van der Waals surface area (Å²) in [7, 11) is 0. The molecule has 0 aromatic carbocycles. The van der Waals surface area contributed by atoms with Gasteiger partial charge in [0.15, 0.2) is 0 Å². The Kier molecular flexibility index (Phi) is 6.32. The normalized spacial score (nSPS) is 10.6. The van der Waals surface area contributed by atoms with Crippen molar-refractivity contribution < 1.29 is 4.74 Å². The Morgan fingerprint density at radius 2 is 1.89 bits per heavy atom. The van der Waals surface area contributed by atoms with E-state index in [-0.39, 0.29) is 6.10 Å². The van der Waals surface area contributed by atoms with Crippen molar-refractivity contribution in [2.75, 3.05) is 29.9 Å². The van der Waals surface area contributed by atoms with Gasteiger partial charge in [-0.2, -0.15) is 15.0 Å². The maximum atomic E-state index is 5.59. The zero-order valence-corrected chi connectivity index (χ0v) is 12.6. The van der Waals surface area contributed by atoms with Crippen LogP contribution in [0.15, 0.2) is 0 Å². The number of ether oxygens (including phenoxy) is 1. The molecule has 1 aromatic heterocycles. The average molecular weight is 267 g/mol. The lowest BCUT2D eigenvalue weighted by Crippen LogP contribution is -2.26. The standard InChI is InChI=1S/C13H25N5O/c1-6-9-18(8-3)12-15-11(14-7-2)16-13(17-12)19-10(4)5/h10H,6-9H2,1-5H3,(H,14,15,16,17). The molecule has 0 saturated carbocycles. The second kappa shape index (κ2) is 7.76. The fourth-order valence-electron chi connectivity index (χ4n) is 1.66. The van der Waals surface area contributed by atoms with Crippen LogP contribution >= 0.6 is 0 Å². The Labute approximate surface area is 115 Å². The fraction of sp³-hybridized carbons (Fsp3) is 0.769. The van der Waals surface area contributed by atoms with Crippen LogP contribution in [0.5, 0.6) is 6.01 Å². The summed E-state index contributed by atoms with van der Waals surface area (Å²) in [5.74, 6) is 1.24. The van der Waals surface area contributed by atoms with Crippen LogP contribution < -0.4 is 15.0 Å². The minimum absolute atomic E-state index is 0.0472. The summed E-state index contributed by atoms with van der Waals surface area (Å²) < 4.78 is 5.59. The first kappa shape index (κ1) is 15.5. The third-order valence-corrected chi connectivity index (χ3v) is 2.44. The molecular weight excluding hydrogens is 242 g/mol. The van der Waals surface area contributed by atoms with E-state index in [2.05, 4.69) is 39.0 Å². The van der Waals surface area contributed by atoms with Crippen LogP contribution in [0.4, 0.5) is 11.9 Å². The van der Waals surface area contributed by atoms with Gasteiger partial charge in [0.1, 0.15) is 0 Å². The Bertz CT molecular complexity index is 383. The molecule has 0 aliphatic heterocycles. The number of hydrogen-bond donors (Lipinski definition) is 1. The number of anilines is 2. The Balaban J connectivity index is 3.03. The van der Waals surface area contributed by atoms with Crippen molar-refractivity contribution in [3.63, 3.8) is 0 Å². The number of hydrogen-bond acceptors (Lipinski definition) is 6. The van der Waals surface area contributed by atoms with Crippen LogP contribution in [0.2, 0.25) is 0 Å². The number of rotatable bonds is 8. The summed E-state index contributed by atoms with van der Waals surface area (Å²) in [4.78, 5) is 15.2. The van der Waals surface area contributed by atoms with E-state index in [9.17, 15) is 0 Å². The first-order chi connectivity index (χ1) is 9.10. The van der Waals surface area contributed by atoms with Crippen LogP contribution in [0.3, 0.4) is 0 Å². The lowest BCUT2D eigenvalue weighted by molar-refractivity contribution is 0.222. The van der Waals surface area contributed by atoms with Gasteiger partial charge >= 0.3 is 6.01 Å². The molecule has 1 heterocycles. The molecule has 0 amide bonds. The molecule has 1 rings (SSSR count). The van der Waals surface area contributed by atoms with E-state index in [1.807, 2.05) is 20.8 Å². The smallest absolute Gasteiger partial charge is 0.323 e. The molecule has 0 saturated heterocycles. The molecule has 108 valence electrons. The zero-order chi connectivity index (χ0) is 14.3. The third-order valence-electron chi connectivity index (χ3n) is 2.44. The van der Waals surface area contributed by atoms with E-state index in [1.165, 1.54) is 0 Å². The molecule has 1 N–H and O–H groups in total. The topological polar surface area (TPSA) is 63.2 Å². The van der Waals surface area contributed by atoms with Gasteiger partial charge in [0.05, 0.1) is 6.10 Å². The third kappa shape index (κ3) is 4.89. The molecule has 0 unspecified atom stereocenters. The molecule has 0 aliphatic rings. The highest BCUT2D eigenvalue weighted by Gasteiger charge is 2.13. The first-order valence-corrected chi connectivity index (χ1v) is 7.02. The minimum Gasteiger partial charge on any atom is -0.461 e. The lowest BCUT2D eigenvalue weighted by Gasteiger charge is -2.21. The highest BCUT2D eigenvalue weighted by Crippen LogP contribution is 2.16. The summed E-state index contributed by atoms with van der Waals surface area (Å²) in [5, 5.41) is 3.11. The van der Waals surface area contributed by atoms with E-state index < -0.39 is 0 Å². The summed E-state index contributed by atoms with van der Waals surface area (Å²) >= 11 is 0. The molecule has 0 atom stereocenters. The molecule has 1 aromatic rings. The summed E-state index contributed by atoms with van der Waals surface area (Å²) in [6, 6.07) is 0.380. The van der Waals surface area contributed by atoms with Gasteiger partial charge in [-0.05, 0) is 34.1 Å². The maximum Gasteiger partial charge on any atom is 0.323 e. The summed E-state index contributed by atoms with van der Waals surface area (Å²) in [6.45, 7) is 12.7. The number of aromatic nitrogens is 3. The SMILES string of the molecule is CCCN(CC)c1nc(NCC)nc(OC(C)C)n1. The van der Waals surface area contributed by atoms with Crippen molar-refractivity contribution in [3.05, 3.63) is 0 Å². The van der Waals surface area contributed by atoms with Gasteiger partial charge in [0.2, 0.25) is 11.9 Å². The Morgan fingerprint density at radius 1 is 1.16 bits per heavy atom. The van der Waals surface area contributed by atoms with Gasteiger partial charge in [0, 0.05) is 19.6 Å². The van der Waals surface area contributed by atoms with Gasteiger partial charge in [-0.1, -0.05) is 6.92 Å². The van der Waals surface area contributed by atoms with Crippen molar-refractivity contribution in [1.82, 2.24) is 15.0 Å². The van der Waals surface area contributed by atoms with Gasteiger partial charge in [-0.25, -0.2) is 0 Å². The van der Waals surface area contributed by atoms with Crippen molar-refractivity contribution in [2.24, 2.45) is 0 Å². The largest absolute Gasteiger partial charge is 0.461 e. The van der Waals surface area contributed by atoms with Crippen molar-refractivity contribution in [3.8, 4) is 6.01 Å². The molecule has 19 heavy (non-hydrogen) atoms. The molecule has 0 fully saturated rings. The van der Waals surface area contributed by atoms with Crippen molar-refractivity contribution >= 4 is 11.9 Å². The Morgan fingerprint density at radius 3 is 2.42 bits per heavy atom. The quantitative estimate of drug-likeness (QED) is 0.780. The highest BCUT2D eigenvalue weighted by atomic mass is 16.5. The van der Waals surface area contributed by atoms with Crippen LogP contribution in [0, 0.1) is 0 Å². The van der Waals surface area contributed by atoms with Crippen LogP contribution in [0.1, 0.15) is 41.0 Å². The average Bonchev–Trinajstić information content (AvgIpc) is 2.35.